The third-order valence-corrected chi connectivity index (χ3v) is 3.65. The van der Waals surface area contributed by atoms with Gasteiger partial charge >= 0.3 is 0 Å². The highest BCUT2D eigenvalue weighted by atomic mass is 79.9. The molecule has 5 heteroatoms. The normalized spacial score (nSPS) is 10.3. The summed E-state index contributed by atoms with van der Waals surface area (Å²) in [4.78, 5) is 0. The van der Waals surface area contributed by atoms with Gasteiger partial charge in [0.2, 0.25) is 0 Å². The summed E-state index contributed by atoms with van der Waals surface area (Å²) >= 11 is 15.2. The quantitative estimate of drug-likeness (QED) is 0.735. The van der Waals surface area contributed by atoms with Crippen molar-refractivity contribution in [2.75, 3.05) is 18.5 Å². The average molecular weight is 361 g/mol. The fraction of sp³-hybridized carbons (Fsp3) is 0.143. The summed E-state index contributed by atoms with van der Waals surface area (Å²) in [7, 11) is 0. The number of ether oxygens (including phenoxy) is 1. The number of hydrogen-bond acceptors (Lipinski definition) is 2. The van der Waals surface area contributed by atoms with Crippen LogP contribution in [-0.2, 0) is 0 Å². The Morgan fingerprint density at radius 1 is 1.05 bits per heavy atom. The van der Waals surface area contributed by atoms with E-state index < -0.39 is 0 Å². The van der Waals surface area contributed by atoms with E-state index >= 15 is 0 Å². The summed E-state index contributed by atoms with van der Waals surface area (Å²) in [5, 5.41) is 4.31. The first-order valence-electron chi connectivity index (χ1n) is 5.72. The predicted octanol–water partition coefficient (Wildman–Crippen LogP) is 5.25. The van der Waals surface area contributed by atoms with E-state index in [1.807, 2.05) is 30.3 Å². The van der Waals surface area contributed by atoms with Crippen LogP contribution in [0.5, 0.6) is 5.75 Å². The summed E-state index contributed by atoms with van der Waals surface area (Å²) in [6, 6.07) is 13.2. The summed E-state index contributed by atoms with van der Waals surface area (Å²) < 4.78 is 6.61. The van der Waals surface area contributed by atoms with Gasteiger partial charge in [-0.1, -0.05) is 45.2 Å². The monoisotopic (exact) mass is 359 g/mol. The standard InChI is InChI=1S/C14H12BrCl2NO/c15-10-2-1-3-12(8-10)19-7-6-18-11-4-5-13(16)14(17)9-11/h1-5,8-9,18H,6-7H2. The van der Waals surface area contributed by atoms with E-state index in [9.17, 15) is 0 Å². The lowest BCUT2D eigenvalue weighted by molar-refractivity contribution is 0.332. The maximum Gasteiger partial charge on any atom is 0.120 e. The van der Waals surface area contributed by atoms with E-state index in [-0.39, 0.29) is 0 Å². The molecule has 0 aliphatic rings. The van der Waals surface area contributed by atoms with Crippen molar-refractivity contribution >= 4 is 44.8 Å². The largest absolute Gasteiger partial charge is 0.492 e. The molecular formula is C14H12BrCl2NO. The maximum absolute atomic E-state index is 5.93. The van der Waals surface area contributed by atoms with Crippen LogP contribution in [0, 0.1) is 0 Å². The van der Waals surface area contributed by atoms with Crippen LogP contribution in [0.2, 0.25) is 10.0 Å². The maximum atomic E-state index is 5.93. The second-order valence-corrected chi connectivity index (χ2v) is 5.59. The van der Waals surface area contributed by atoms with Crippen molar-refractivity contribution in [3.05, 3.63) is 57.0 Å². The molecule has 19 heavy (non-hydrogen) atoms. The zero-order valence-corrected chi connectivity index (χ0v) is 13.1. The molecular weight excluding hydrogens is 349 g/mol. The molecule has 2 nitrogen and oxygen atoms in total. The van der Waals surface area contributed by atoms with Gasteiger partial charge in [0.05, 0.1) is 10.0 Å². The SMILES string of the molecule is Clc1ccc(NCCOc2cccc(Br)c2)cc1Cl. The highest BCUT2D eigenvalue weighted by Gasteiger charge is 1.99. The van der Waals surface area contributed by atoms with Crippen LogP contribution in [-0.4, -0.2) is 13.2 Å². The van der Waals surface area contributed by atoms with Gasteiger partial charge in [0, 0.05) is 16.7 Å². The molecule has 0 radical (unpaired) electrons. The first-order valence-corrected chi connectivity index (χ1v) is 7.27. The minimum absolute atomic E-state index is 0.541. The van der Waals surface area contributed by atoms with Crippen LogP contribution in [0.3, 0.4) is 0 Å². The molecule has 0 heterocycles. The molecule has 0 unspecified atom stereocenters. The fourth-order valence-corrected chi connectivity index (χ4v) is 2.20. The van der Waals surface area contributed by atoms with Crippen molar-refractivity contribution in [1.82, 2.24) is 0 Å². The highest BCUT2D eigenvalue weighted by Crippen LogP contribution is 2.24. The summed E-state index contributed by atoms with van der Waals surface area (Å²) in [6.07, 6.45) is 0. The van der Waals surface area contributed by atoms with Crippen molar-refractivity contribution in [2.45, 2.75) is 0 Å². The molecule has 0 spiro atoms. The molecule has 1 N–H and O–H groups in total. The Morgan fingerprint density at radius 2 is 1.89 bits per heavy atom. The van der Waals surface area contributed by atoms with Crippen LogP contribution in [0.25, 0.3) is 0 Å². The van der Waals surface area contributed by atoms with Gasteiger partial charge in [-0.05, 0) is 36.4 Å². The Labute approximate surface area is 130 Å². The molecule has 0 atom stereocenters. The highest BCUT2D eigenvalue weighted by molar-refractivity contribution is 9.10. The van der Waals surface area contributed by atoms with Gasteiger partial charge in [-0.25, -0.2) is 0 Å². The van der Waals surface area contributed by atoms with E-state index in [0.29, 0.717) is 23.2 Å². The second-order valence-electron chi connectivity index (χ2n) is 3.86. The number of hydrogen-bond donors (Lipinski definition) is 1. The summed E-state index contributed by atoms with van der Waals surface area (Å²) in [5.74, 6) is 0.838. The molecule has 0 saturated heterocycles. The fourth-order valence-electron chi connectivity index (χ4n) is 1.53. The minimum atomic E-state index is 0.541. The Hall–Kier alpha value is -0.900. The van der Waals surface area contributed by atoms with Gasteiger partial charge in [0.1, 0.15) is 12.4 Å². The molecule has 2 rings (SSSR count). The van der Waals surface area contributed by atoms with Gasteiger partial charge < -0.3 is 10.1 Å². The van der Waals surface area contributed by atoms with Crippen LogP contribution >= 0.6 is 39.1 Å². The Morgan fingerprint density at radius 3 is 2.63 bits per heavy atom. The van der Waals surface area contributed by atoms with Crippen molar-refractivity contribution < 1.29 is 4.74 Å². The van der Waals surface area contributed by atoms with E-state index in [1.54, 1.807) is 12.1 Å². The van der Waals surface area contributed by atoms with E-state index in [1.165, 1.54) is 0 Å². The molecule has 0 saturated carbocycles. The third kappa shape index (κ3) is 4.60. The number of benzene rings is 2. The summed E-state index contributed by atoms with van der Waals surface area (Å²) in [5.41, 5.74) is 0.923. The third-order valence-electron chi connectivity index (χ3n) is 2.42. The van der Waals surface area contributed by atoms with E-state index in [0.717, 1.165) is 15.9 Å². The molecule has 0 fully saturated rings. The van der Waals surface area contributed by atoms with Crippen LogP contribution < -0.4 is 10.1 Å². The Kier molecular flexibility index (Phi) is 5.37. The minimum Gasteiger partial charge on any atom is -0.492 e. The van der Waals surface area contributed by atoms with E-state index in [2.05, 4.69) is 21.2 Å². The first-order chi connectivity index (χ1) is 9.15. The Balaban J connectivity index is 1.79. The van der Waals surface area contributed by atoms with Crippen LogP contribution in [0.1, 0.15) is 0 Å². The zero-order chi connectivity index (χ0) is 13.7. The molecule has 0 aromatic heterocycles. The predicted molar refractivity (Wildman–Crippen MR) is 84.6 cm³/mol. The van der Waals surface area contributed by atoms with Gasteiger partial charge in [-0.2, -0.15) is 0 Å². The molecule has 2 aromatic carbocycles. The topological polar surface area (TPSA) is 21.3 Å². The van der Waals surface area contributed by atoms with Gasteiger partial charge in [-0.15, -0.1) is 0 Å². The van der Waals surface area contributed by atoms with Crippen molar-refractivity contribution in [2.24, 2.45) is 0 Å². The molecule has 2 aromatic rings. The summed E-state index contributed by atoms with van der Waals surface area (Å²) in [6.45, 7) is 1.25. The molecule has 0 aliphatic carbocycles. The van der Waals surface area contributed by atoms with Gasteiger partial charge in [0.15, 0.2) is 0 Å². The molecule has 0 amide bonds. The molecule has 0 aliphatic heterocycles. The van der Waals surface area contributed by atoms with Crippen LogP contribution in [0.15, 0.2) is 46.9 Å². The lowest BCUT2D eigenvalue weighted by Gasteiger charge is -2.09. The lowest BCUT2D eigenvalue weighted by Crippen LogP contribution is -2.11. The zero-order valence-electron chi connectivity index (χ0n) is 10.00. The molecule has 100 valence electrons. The average Bonchev–Trinajstić information content (AvgIpc) is 2.39. The van der Waals surface area contributed by atoms with Gasteiger partial charge in [-0.3, -0.25) is 0 Å². The van der Waals surface area contributed by atoms with E-state index in [4.69, 9.17) is 27.9 Å². The van der Waals surface area contributed by atoms with Gasteiger partial charge in [0.25, 0.3) is 0 Å². The Bertz CT molecular complexity index is 563. The number of halogens is 3. The van der Waals surface area contributed by atoms with Crippen molar-refractivity contribution in [3.63, 3.8) is 0 Å². The number of nitrogens with one attached hydrogen (secondary N) is 1. The first kappa shape index (κ1) is 14.5. The second kappa shape index (κ2) is 7.04. The van der Waals surface area contributed by atoms with Crippen molar-refractivity contribution in [1.29, 1.82) is 0 Å². The smallest absolute Gasteiger partial charge is 0.120 e. The lowest BCUT2D eigenvalue weighted by atomic mass is 10.3. The number of rotatable bonds is 5. The molecule has 0 bridgehead atoms. The number of anilines is 1. The van der Waals surface area contributed by atoms with Crippen molar-refractivity contribution in [3.8, 4) is 5.75 Å². The van der Waals surface area contributed by atoms with Crippen LogP contribution in [0.4, 0.5) is 5.69 Å².